The lowest BCUT2D eigenvalue weighted by Crippen LogP contribution is -2.08. The van der Waals surface area contributed by atoms with Crippen molar-refractivity contribution in [2.45, 2.75) is 45.6 Å². The monoisotopic (exact) mass is 321 g/mol. The van der Waals surface area contributed by atoms with Crippen molar-refractivity contribution in [1.82, 2.24) is 25.0 Å². The lowest BCUT2D eigenvalue weighted by atomic mass is 10.0. The molecule has 0 saturated heterocycles. The molecule has 0 fully saturated rings. The second-order valence-electron chi connectivity index (χ2n) is 6.01. The molecule has 0 radical (unpaired) electrons. The first-order valence-corrected chi connectivity index (χ1v) is 8.55. The van der Waals surface area contributed by atoms with Gasteiger partial charge in [-0.3, -0.25) is 0 Å². The van der Waals surface area contributed by atoms with Crippen LogP contribution >= 0.6 is 0 Å². The summed E-state index contributed by atoms with van der Waals surface area (Å²) in [4.78, 5) is 8.97. The van der Waals surface area contributed by atoms with Gasteiger partial charge < -0.3 is 0 Å². The summed E-state index contributed by atoms with van der Waals surface area (Å²) in [5.41, 5.74) is 3.74. The lowest BCUT2D eigenvalue weighted by Gasteiger charge is -2.12. The molecule has 5 nitrogen and oxygen atoms in total. The molecule has 0 N–H and O–H groups in total. The Morgan fingerprint density at radius 1 is 1.12 bits per heavy atom. The van der Waals surface area contributed by atoms with Crippen molar-refractivity contribution < 1.29 is 0 Å². The van der Waals surface area contributed by atoms with Gasteiger partial charge in [0.2, 0.25) is 5.65 Å². The highest BCUT2D eigenvalue weighted by molar-refractivity contribution is 5.64. The molecular weight excluding hydrogens is 298 g/mol. The molecule has 24 heavy (non-hydrogen) atoms. The highest BCUT2D eigenvalue weighted by atomic mass is 15.5. The van der Waals surface area contributed by atoms with E-state index in [0.29, 0.717) is 5.65 Å². The van der Waals surface area contributed by atoms with Crippen molar-refractivity contribution in [2.75, 3.05) is 0 Å². The molecule has 0 aliphatic heterocycles. The summed E-state index contributed by atoms with van der Waals surface area (Å²) in [7, 11) is 0. The first-order chi connectivity index (χ1) is 11.8. The third-order valence-electron chi connectivity index (χ3n) is 4.17. The molecule has 5 heteroatoms. The van der Waals surface area contributed by atoms with Crippen LogP contribution in [0.25, 0.3) is 11.3 Å². The Labute approximate surface area is 142 Å². The summed E-state index contributed by atoms with van der Waals surface area (Å²) in [5, 5.41) is 8.39. The van der Waals surface area contributed by atoms with Crippen LogP contribution < -0.4 is 0 Å². The molecule has 1 unspecified atom stereocenters. The minimum absolute atomic E-state index is 0.255. The van der Waals surface area contributed by atoms with Gasteiger partial charge in [0.1, 0.15) is 0 Å². The van der Waals surface area contributed by atoms with Gasteiger partial charge in [0.25, 0.3) is 0 Å². The van der Waals surface area contributed by atoms with Crippen LogP contribution in [0.4, 0.5) is 0 Å². The van der Waals surface area contributed by atoms with E-state index in [9.17, 15) is 0 Å². The van der Waals surface area contributed by atoms with Crippen molar-refractivity contribution >= 4 is 11.3 Å². The Kier molecular flexibility index (Phi) is 5.31. The summed E-state index contributed by atoms with van der Waals surface area (Å²) in [6.45, 7) is 4.24. The van der Waals surface area contributed by atoms with Crippen molar-refractivity contribution in [3.63, 3.8) is 0 Å². The molecule has 1 atom stereocenters. The molecule has 0 bridgehead atoms. The smallest absolute Gasteiger partial charge is 0.221 e. The van der Waals surface area contributed by atoms with E-state index in [0.717, 1.165) is 37.0 Å². The van der Waals surface area contributed by atoms with Gasteiger partial charge >= 0.3 is 0 Å². The van der Waals surface area contributed by atoms with Gasteiger partial charge in [-0.15, -0.1) is 5.10 Å². The van der Waals surface area contributed by atoms with Gasteiger partial charge in [-0.2, -0.15) is 0 Å². The van der Waals surface area contributed by atoms with Crippen LogP contribution in [-0.4, -0.2) is 25.0 Å². The number of fused-ring (bicyclic) bond motifs is 1. The van der Waals surface area contributed by atoms with E-state index < -0.39 is 0 Å². The van der Waals surface area contributed by atoms with E-state index in [1.807, 2.05) is 10.8 Å². The van der Waals surface area contributed by atoms with E-state index in [2.05, 4.69) is 70.6 Å². The first-order valence-electron chi connectivity index (χ1n) is 8.55. The minimum Gasteiger partial charge on any atom is -0.230 e. The maximum absolute atomic E-state index is 4.63. The molecule has 0 saturated carbocycles. The summed E-state index contributed by atoms with van der Waals surface area (Å²) < 4.78 is 1.91. The molecule has 2 heterocycles. The number of rotatable bonds is 6. The first kappa shape index (κ1) is 16.3. The van der Waals surface area contributed by atoms with Crippen LogP contribution in [0, 0.1) is 0 Å². The molecule has 3 rings (SSSR count). The Balaban J connectivity index is 1.64. The van der Waals surface area contributed by atoms with Gasteiger partial charge in [-0.1, -0.05) is 54.7 Å². The number of allylic oxidation sites excluding steroid dienone is 8. The van der Waals surface area contributed by atoms with Crippen molar-refractivity contribution in [2.24, 2.45) is 0 Å². The summed E-state index contributed by atoms with van der Waals surface area (Å²) in [6.07, 6.45) is 20.5. The topological polar surface area (TPSA) is 56.5 Å². The Morgan fingerprint density at radius 3 is 2.83 bits per heavy atom. The third-order valence-corrected chi connectivity index (χ3v) is 4.17. The molecule has 0 spiro atoms. The fraction of sp³-hybridized carbons (Fsp3) is 0.368. The van der Waals surface area contributed by atoms with Gasteiger partial charge in [-0.25, -0.2) is 14.6 Å². The maximum Gasteiger partial charge on any atom is 0.221 e. The number of nitrogens with zero attached hydrogens (tertiary/aromatic N) is 5. The second-order valence-corrected chi connectivity index (χ2v) is 6.01. The molecule has 2 aromatic heterocycles. The van der Waals surface area contributed by atoms with E-state index in [1.54, 1.807) is 6.20 Å². The Hall–Kier alpha value is -2.56. The van der Waals surface area contributed by atoms with Gasteiger partial charge in [0.15, 0.2) is 5.65 Å². The zero-order valence-electron chi connectivity index (χ0n) is 14.3. The van der Waals surface area contributed by atoms with Crippen LogP contribution in [0.1, 0.15) is 44.8 Å². The third kappa shape index (κ3) is 3.85. The normalized spacial score (nSPS) is 18.0. The second kappa shape index (κ2) is 7.81. The fourth-order valence-electron chi connectivity index (χ4n) is 2.73. The van der Waals surface area contributed by atoms with Gasteiger partial charge in [0.05, 0.1) is 17.9 Å². The Morgan fingerprint density at radius 2 is 1.96 bits per heavy atom. The SMILES string of the molecule is CCc1cnc2nnn(C(C)CCCC3=C/C=C\C=C/C=C3)c2n1. The van der Waals surface area contributed by atoms with Gasteiger partial charge in [-0.05, 0) is 38.2 Å². The van der Waals surface area contributed by atoms with Crippen LogP contribution in [0.3, 0.4) is 0 Å². The van der Waals surface area contributed by atoms with E-state index in [1.165, 1.54) is 5.57 Å². The predicted molar refractivity (Wildman–Crippen MR) is 96.6 cm³/mol. The molecule has 124 valence electrons. The standard InChI is InChI=1S/C19H23N5/c1-3-17-14-20-18-19(21-17)24(23-22-18)15(2)10-9-13-16-11-7-5-4-6-8-12-16/h4-8,11-12,14-15H,3,9-10,13H2,1-2H3/b5-4-,6-4?,7-5?,8-6-,11-7?,12-8?,16-11?,16-12?. The molecule has 0 amide bonds. The Bertz CT molecular complexity index is 810. The number of aromatic nitrogens is 5. The fourth-order valence-corrected chi connectivity index (χ4v) is 2.73. The predicted octanol–water partition coefficient (Wildman–Crippen LogP) is 4.12. The van der Waals surface area contributed by atoms with Crippen LogP contribution in [-0.2, 0) is 6.42 Å². The number of aryl methyl sites for hydroxylation is 1. The average molecular weight is 321 g/mol. The molecular formula is C19H23N5. The summed E-state index contributed by atoms with van der Waals surface area (Å²) >= 11 is 0. The maximum atomic E-state index is 4.63. The lowest BCUT2D eigenvalue weighted by molar-refractivity contribution is 0.445. The minimum atomic E-state index is 0.255. The number of hydrogen-bond acceptors (Lipinski definition) is 4. The largest absolute Gasteiger partial charge is 0.230 e. The summed E-state index contributed by atoms with van der Waals surface area (Å²) in [5.74, 6) is 0. The van der Waals surface area contributed by atoms with Crippen molar-refractivity contribution in [3.05, 3.63) is 60.0 Å². The highest BCUT2D eigenvalue weighted by Gasteiger charge is 2.13. The zero-order chi connectivity index (χ0) is 16.8. The van der Waals surface area contributed by atoms with E-state index in [4.69, 9.17) is 0 Å². The molecule has 1 aliphatic carbocycles. The van der Waals surface area contributed by atoms with Crippen molar-refractivity contribution in [3.8, 4) is 0 Å². The van der Waals surface area contributed by atoms with E-state index in [-0.39, 0.29) is 6.04 Å². The highest BCUT2D eigenvalue weighted by Crippen LogP contribution is 2.20. The van der Waals surface area contributed by atoms with Crippen LogP contribution in [0.2, 0.25) is 0 Å². The van der Waals surface area contributed by atoms with Gasteiger partial charge in [0, 0.05) is 0 Å². The van der Waals surface area contributed by atoms with Crippen LogP contribution in [0.15, 0.2) is 54.3 Å². The molecule has 0 aromatic carbocycles. The van der Waals surface area contributed by atoms with Crippen molar-refractivity contribution in [1.29, 1.82) is 0 Å². The molecule has 2 aromatic rings. The zero-order valence-corrected chi connectivity index (χ0v) is 14.3. The average Bonchev–Trinajstić information content (AvgIpc) is 2.99. The summed E-state index contributed by atoms with van der Waals surface area (Å²) in [6, 6.07) is 0.255. The van der Waals surface area contributed by atoms with Crippen LogP contribution in [0.5, 0.6) is 0 Å². The molecule has 1 aliphatic rings. The number of hydrogen-bond donors (Lipinski definition) is 0. The van der Waals surface area contributed by atoms with E-state index >= 15 is 0 Å². The quantitative estimate of drug-likeness (QED) is 0.803.